The van der Waals surface area contributed by atoms with Gasteiger partial charge in [-0.2, -0.15) is 0 Å². The third-order valence-corrected chi connectivity index (χ3v) is 6.11. The van der Waals surface area contributed by atoms with Gasteiger partial charge in [0.05, 0.1) is 11.6 Å². The summed E-state index contributed by atoms with van der Waals surface area (Å²) in [6.07, 6.45) is 1.01. The van der Waals surface area contributed by atoms with Gasteiger partial charge in [-0.25, -0.2) is 0 Å². The number of carbonyl (C=O) groups is 2. The Bertz CT molecular complexity index is 1200. The van der Waals surface area contributed by atoms with Crippen LogP contribution in [-0.2, 0) is 11.2 Å². The van der Waals surface area contributed by atoms with Crippen molar-refractivity contribution in [3.05, 3.63) is 87.4 Å². The molecule has 35 heavy (non-hydrogen) atoms. The first-order valence-corrected chi connectivity index (χ1v) is 11.6. The molecule has 0 fully saturated rings. The van der Waals surface area contributed by atoms with Crippen molar-refractivity contribution in [3.8, 4) is 17.2 Å². The fourth-order valence-electron chi connectivity index (χ4n) is 3.85. The van der Waals surface area contributed by atoms with Gasteiger partial charge in [0.2, 0.25) is 0 Å². The molecule has 0 radical (unpaired) electrons. The minimum absolute atomic E-state index is 0. The van der Waals surface area contributed by atoms with Crippen LogP contribution >= 0.6 is 23.2 Å². The molecule has 3 aromatic rings. The van der Waals surface area contributed by atoms with E-state index in [0.717, 1.165) is 5.56 Å². The minimum Gasteiger partial charge on any atom is -0.549 e. The number of rotatable bonds is 7. The SMILES string of the molecule is CC(Cc1ccc(Cl)cc1)NC(=O)c1ccc(Oc2cc3c(cc2Cl)C(C(=O)[O-])CCO3)cc1.[Na+]. The number of aliphatic carboxylic acids is 1. The zero-order valence-corrected chi connectivity index (χ0v) is 22.9. The van der Waals surface area contributed by atoms with E-state index in [4.69, 9.17) is 32.7 Å². The van der Waals surface area contributed by atoms with Gasteiger partial charge in [-0.3, -0.25) is 4.79 Å². The molecule has 4 rings (SSSR count). The second-order valence-electron chi connectivity index (χ2n) is 8.16. The predicted molar refractivity (Wildman–Crippen MR) is 128 cm³/mol. The summed E-state index contributed by atoms with van der Waals surface area (Å²) in [5.41, 5.74) is 2.05. The summed E-state index contributed by atoms with van der Waals surface area (Å²) in [5, 5.41) is 15.3. The number of hydrogen-bond acceptors (Lipinski definition) is 5. The van der Waals surface area contributed by atoms with Gasteiger partial charge in [0.1, 0.15) is 17.2 Å². The van der Waals surface area contributed by atoms with Crippen molar-refractivity contribution in [1.29, 1.82) is 0 Å². The summed E-state index contributed by atoms with van der Waals surface area (Å²) in [6.45, 7) is 2.21. The maximum atomic E-state index is 12.6. The van der Waals surface area contributed by atoms with Crippen molar-refractivity contribution in [1.82, 2.24) is 5.32 Å². The molecule has 1 aliphatic rings. The maximum absolute atomic E-state index is 12.6. The second-order valence-corrected chi connectivity index (χ2v) is 9.00. The number of fused-ring (bicyclic) bond motifs is 1. The summed E-state index contributed by atoms with van der Waals surface area (Å²) >= 11 is 12.2. The Hall–Kier alpha value is -2.22. The fourth-order valence-corrected chi connectivity index (χ4v) is 4.18. The van der Waals surface area contributed by atoms with Gasteiger partial charge in [0.15, 0.2) is 0 Å². The number of carbonyl (C=O) groups excluding carboxylic acids is 2. The normalized spacial score (nSPS) is 15.1. The quantitative estimate of drug-likeness (QED) is 0.478. The van der Waals surface area contributed by atoms with Crippen molar-refractivity contribution in [2.75, 3.05) is 6.61 Å². The van der Waals surface area contributed by atoms with Crippen LogP contribution in [0.1, 0.15) is 40.7 Å². The number of carboxylic acids is 1. The molecular formula is C26H22Cl2NNaO5. The fraction of sp³-hybridized carbons (Fsp3) is 0.231. The average molecular weight is 522 g/mol. The third kappa shape index (κ3) is 6.93. The van der Waals surface area contributed by atoms with Gasteiger partial charge in [-0.1, -0.05) is 35.3 Å². The number of amides is 1. The van der Waals surface area contributed by atoms with Gasteiger partial charge in [0.25, 0.3) is 5.91 Å². The number of halogens is 2. The van der Waals surface area contributed by atoms with E-state index in [1.807, 2.05) is 31.2 Å². The smallest absolute Gasteiger partial charge is 0.549 e. The van der Waals surface area contributed by atoms with Crippen LogP contribution in [0, 0.1) is 0 Å². The summed E-state index contributed by atoms with van der Waals surface area (Å²) in [6, 6.07) is 17.2. The van der Waals surface area contributed by atoms with Crippen LogP contribution in [0.4, 0.5) is 0 Å². The Morgan fingerprint density at radius 2 is 1.80 bits per heavy atom. The molecular weight excluding hydrogens is 500 g/mol. The number of benzene rings is 3. The molecule has 6 nitrogen and oxygen atoms in total. The molecule has 0 aliphatic carbocycles. The van der Waals surface area contributed by atoms with E-state index >= 15 is 0 Å². The van der Waals surface area contributed by atoms with E-state index in [9.17, 15) is 14.7 Å². The van der Waals surface area contributed by atoms with Crippen molar-refractivity contribution in [2.24, 2.45) is 0 Å². The summed E-state index contributed by atoms with van der Waals surface area (Å²) in [7, 11) is 0. The Morgan fingerprint density at radius 1 is 1.11 bits per heavy atom. The Morgan fingerprint density at radius 3 is 2.46 bits per heavy atom. The largest absolute Gasteiger partial charge is 1.00 e. The summed E-state index contributed by atoms with van der Waals surface area (Å²) in [5.74, 6) is -0.916. The topological polar surface area (TPSA) is 87.7 Å². The second kappa shape index (κ2) is 12.2. The molecule has 3 aromatic carbocycles. The van der Waals surface area contributed by atoms with Gasteiger partial charge in [0, 0.05) is 40.1 Å². The zero-order valence-electron chi connectivity index (χ0n) is 19.3. The van der Waals surface area contributed by atoms with Crippen LogP contribution in [-0.4, -0.2) is 24.5 Å². The van der Waals surface area contributed by atoms with E-state index in [2.05, 4.69) is 5.32 Å². The first-order valence-electron chi connectivity index (χ1n) is 10.8. The number of carboxylic acid groups (broad SMARTS) is 1. The average Bonchev–Trinajstić information content (AvgIpc) is 2.81. The minimum atomic E-state index is -1.16. The van der Waals surface area contributed by atoms with Gasteiger partial charge >= 0.3 is 29.6 Å². The Labute approximate surface area is 235 Å². The van der Waals surface area contributed by atoms with E-state index in [-0.39, 0.29) is 53.1 Å². The molecule has 0 spiro atoms. The van der Waals surface area contributed by atoms with Crippen LogP contribution in [0.5, 0.6) is 17.2 Å². The van der Waals surface area contributed by atoms with Gasteiger partial charge in [-0.05, 0) is 67.8 Å². The number of hydrogen-bond donors (Lipinski definition) is 1. The van der Waals surface area contributed by atoms with Gasteiger partial charge in [-0.15, -0.1) is 0 Å². The molecule has 0 bridgehead atoms. The first kappa shape index (κ1) is 27.4. The maximum Gasteiger partial charge on any atom is 1.00 e. The Balaban J connectivity index is 0.00000342. The Kier molecular flexibility index (Phi) is 9.50. The van der Waals surface area contributed by atoms with Crippen LogP contribution in [0.2, 0.25) is 10.0 Å². The molecule has 1 amide bonds. The number of ether oxygens (including phenoxy) is 2. The van der Waals surface area contributed by atoms with Crippen LogP contribution in [0.25, 0.3) is 0 Å². The monoisotopic (exact) mass is 521 g/mol. The van der Waals surface area contributed by atoms with E-state index < -0.39 is 11.9 Å². The molecule has 9 heteroatoms. The molecule has 2 atom stereocenters. The molecule has 1 aliphatic heterocycles. The first-order chi connectivity index (χ1) is 16.3. The van der Waals surface area contributed by atoms with Crippen LogP contribution < -0.4 is 49.5 Å². The summed E-state index contributed by atoms with van der Waals surface area (Å²) < 4.78 is 11.4. The molecule has 0 saturated carbocycles. The van der Waals surface area contributed by atoms with Crippen LogP contribution in [0.3, 0.4) is 0 Å². The predicted octanol–water partition coefficient (Wildman–Crippen LogP) is 1.77. The molecule has 0 saturated heterocycles. The third-order valence-electron chi connectivity index (χ3n) is 5.57. The van der Waals surface area contributed by atoms with E-state index in [0.29, 0.717) is 46.2 Å². The summed E-state index contributed by atoms with van der Waals surface area (Å²) in [4.78, 5) is 24.0. The molecule has 0 aromatic heterocycles. The van der Waals surface area contributed by atoms with Gasteiger partial charge < -0.3 is 24.7 Å². The van der Waals surface area contributed by atoms with Crippen LogP contribution in [0.15, 0.2) is 60.7 Å². The molecule has 1 N–H and O–H groups in total. The van der Waals surface area contributed by atoms with Crippen molar-refractivity contribution < 1.29 is 53.7 Å². The zero-order chi connectivity index (χ0) is 24.2. The molecule has 2 unspecified atom stereocenters. The number of nitrogens with one attached hydrogen (secondary N) is 1. The van der Waals surface area contributed by atoms with E-state index in [1.165, 1.54) is 6.07 Å². The molecule has 176 valence electrons. The van der Waals surface area contributed by atoms with Crippen molar-refractivity contribution in [2.45, 2.75) is 31.7 Å². The van der Waals surface area contributed by atoms with Crippen molar-refractivity contribution in [3.63, 3.8) is 0 Å². The van der Waals surface area contributed by atoms with E-state index in [1.54, 1.807) is 30.3 Å². The molecule has 1 heterocycles. The van der Waals surface area contributed by atoms with Crippen molar-refractivity contribution >= 4 is 35.1 Å². The standard InChI is InChI=1S/C26H23Cl2NO5.Na/c1-15(12-16-2-6-18(27)7-3-16)29-25(30)17-4-8-19(9-5-17)34-24-14-23-21(13-22(24)28)20(26(31)32)10-11-33-23;/h2-9,13-15,20H,10-12H2,1H3,(H,29,30)(H,31,32);/q;+1/p-1.